The van der Waals surface area contributed by atoms with Gasteiger partial charge in [0.15, 0.2) is 0 Å². The number of rotatable bonds is 1. The number of carbonyl (C=O) groups is 2. The Kier molecular flexibility index (Phi) is 6.68. The zero-order valence-electron chi connectivity index (χ0n) is 24.9. The van der Waals surface area contributed by atoms with E-state index >= 15 is 0 Å². The van der Waals surface area contributed by atoms with Gasteiger partial charge < -0.3 is 9.84 Å². The molecule has 0 aromatic rings. The summed E-state index contributed by atoms with van der Waals surface area (Å²) in [5.74, 6) is 2.60. The molecule has 6 aliphatic rings. The lowest BCUT2D eigenvalue weighted by atomic mass is 9.70. The number of ether oxygens (including phenoxy) is 1. The second-order valence-electron chi connectivity index (χ2n) is 15.8. The van der Waals surface area contributed by atoms with Gasteiger partial charge in [-0.1, -0.05) is 62.3 Å². The summed E-state index contributed by atoms with van der Waals surface area (Å²) >= 11 is 0. The summed E-state index contributed by atoms with van der Waals surface area (Å²) in [6.07, 6.45) is 10.6. The van der Waals surface area contributed by atoms with E-state index in [1.165, 1.54) is 39.0 Å². The minimum atomic E-state index is -0.125. The lowest BCUT2D eigenvalue weighted by Crippen LogP contribution is -2.37. The van der Waals surface area contributed by atoms with Gasteiger partial charge >= 0.3 is 5.97 Å². The van der Waals surface area contributed by atoms with E-state index in [1.807, 2.05) is 0 Å². The third kappa shape index (κ3) is 3.69. The highest BCUT2D eigenvalue weighted by Crippen LogP contribution is 2.67. The van der Waals surface area contributed by atoms with Crippen molar-refractivity contribution in [3.63, 3.8) is 0 Å². The van der Waals surface area contributed by atoms with Gasteiger partial charge in [0.05, 0.1) is 6.10 Å². The summed E-state index contributed by atoms with van der Waals surface area (Å²) in [5.41, 5.74) is 1.46. The van der Waals surface area contributed by atoms with Gasteiger partial charge in [-0.3, -0.25) is 9.59 Å². The van der Waals surface area contributed by atoms with Gasteiger partial charge in [0.25, 0.3) is 0 Å². The molecule has 0 aliphatic heterocycles. The van der Waals surface area contributed by atoms with E-state index in [-0.39, 0.29) is 39.8 Å². The fourth-order valence-corrected chi connectivity index (χ4v) is 9.57. The van der Waals surface area contributed by atoms with Gasteiger partial charge in [-0.05, 0) is 90.8 Å². The molecule has 6 aliphatic carbocycles. The minimum Gasteiger partial charge on any atom is -0.462 e. The largest absolute Gasteiger partial charge is 0.462 e. The van der Waals surface area contributed by atoms with E-state index in [4.69, 9.17) is 4.74 Å². The Morgan fingerprint density at radius 2 is 1.25 bits per heavy atom. The van der Waals surface area contributed by atoms with Crippen LogP contribution >= 0.6 is 0 Å². The van der Waals surface area contributed by atoms with Crippen LogP contribution in [-0.4, -0.2) is 29.1 Å². The number of Topliss-reactive ketones (excluding diaryl/α,β-unsaturated/α-hetero) is 1. The van der Waals surface area contributed by atoms with Gasteiger partial charge in [0.1, 0.15) is 11.9 Å². The number of ketones is 1. The van der Waals surface area contributed by atoms with E-state index in [0.717, 1.165) is 37.5 Å². The topological polar surface area (TPSA) is 63.6 Å². The number of fused-ring (bicyclic) bond motifs is 6. The summed E-state index contributed by atoms with van der Waals surface area (Å²) in [6, 6.07) is 0. The Morgan fingerprint density at radius 3 is 1.47 bits per heavy atom. The van der Waals surface area contributed by atoms with Crippen LogP contribution in [0, 0.1) is 50.2 Å². The predicted octanol–water partition coefficient (Wildman–Crippen LogP) is 7.36. The molecule has 6 bridgehead atoms. The third-order valence-corrected chi connectivity index (χ3v) is 14.3. The normalized spacial score (nSPS) is 47.8. The van der Waals surface area contributed by atoms with Crippen LogP contribution in [0.1, 0.15) is 127 Å². The molecular formula is C32H54O4. The average molecular weight is 503 g/mol. The Balaban J connectivity index is 0.000000128. The molecular weight excluding hydrogens is 448 g/mol. The van der Waals surface area contributed by atoms with Crippen LogP contribution in [-0.2, 0) is 14.3 Å². The van der Waals surface area contributed by atoms with Crippen LogP contribution in [0.4, 0.5) is 0 Å². The molecule has 8 atom stereocenters. The number of esters is 1. The van der Waals surface area contributed by atoms with E-state index in [1.54, 1.807) is 0 Å². The van der Waals surface area contributed by atoms with Crippen LogP contribution in [0.25, 0.3) is 0 Å². The number of aliphatic hydroxyl groups is 1. The van der Waals surface area contributed by atoms with E-state index in [9.17, 15) is 14.7 Å². The summed E-state index contributed by atoms with van der Waals surface area (Å²) < 4.78 is 5.44. The monoisotopic (exact) mass is 502 g/mol. The molecule has 0 amide bonds. The molecule has 0 radical (unpaired) electrons. The maximum Gasteiger partial charge on any atom is 0.302 e. The van der Waals surface area contributed by atoms with Crippen molar-refractivity contribution in [1.82, 2.24) is 0 Å². The number of aliphatic hydroxyl groups excluding tert-OH is 1. The SMILES string of the molecule is CC(=O)OC1CC2CCC1(C)C2(C)C.CC1(C)C2CCC1(C)C(O)C2.CC12CCC(CC1=O)C2(C)C. The Hall–Kier alpha value is -0.900. The summed E-state index contributed by atoms with van der Waals surface area (Å²) in [6.45, 7) is 22.0. The van der Waals surface area contributed by atoms with Crippen LogP contribution in [0.15, 0.2) is 0 Å². The summed E-state index contributed by atoms with van der Waals surface area (Å²) in [4.78, 5) is 22.6. The number of hydrogen-bond acceptors (Lipinski definition) is 4. The first-order valence-corrected chi connectivity index (χ1v) is 14.7. The highest BCUT2D eigenvalue weighted by Gasteiger charge is 2.63. The first-order chi connectivity index (χ1) is 16.3. The summed E-state index contributed by atoms with van der Waals surface area (Å²) in [5, 5.41) is 9.81. The lowest BCUT2D eigenvalue weighted by molar-refractivity contribution is -0.154. The highest BCUT2D eigenvalue weighted by molar-refractivity contribution is 5.89. The molecule has 6 saturated carbocycles. The first kappa shape index (κ1) is 28.1. The minimum absolute atomic E-state index is 0.0255. The molecule has 0 aromatic carbocycles. The molecule has 0 heterocycles. The van der Waals surface area contributed by atoms with Crippen molar-refractivity contribution in [2.75, 3.05) is 0 Å². The van der Waals surface area contributed by atoms with Crippen LogP contribution < -0.4 is 0 Å². The molecule has 206 valence electrons. The maximum absolute atomic E-state index is 11.6. The van der Waals surface area contributed by atoms with Gasteiger partial charge in [-0.15, -0.1) is 0 Å². The van der Waals surface area contributed by atoms with Gasteiger partial charge in [-0.2, -0.15) is 0 Å². The molecule has 36 heavy (non-hydrogen) atoms. The Labute approximate surface area is 220 Å². The van der Waals surface area contributed by atoms with Crippen LogP contribution in [0.3, 0.4) is 0 Å². The molecule has 8 unspecified atom stereocenters. The van der Waals surface area contributed by atoms with Crippen molar-refractivity contribution in [2.45, 2.75) is 139 Å². The third-order valence-electron chi connectivity index (χ3n) is 14.3. The van der Waals surface area contributed by atoms with Crippen LogP contribution in [0.5, 0.6) is 0 Å². The maximum atomic E-state index is 11.6. The number of hydrogen-bond donors (Lipinski definition) is 1. The van der Waals surface area contributed by atoms with Crippen molar-refractivity contribution in [2.24, 2.45) is 50.2 Å². The molecule has 0 aromatic heterocycles. The fourth-order valence-electron chi connectivity index (χ4n) is 9.57. The van der Waals surface area contributed by atoms with Crippen molar-refractivity contribution in [1.29, 1.82) is 0 Å². The Morgan fingerprint density at radius 1 is 0.750 bits per heavy atom. The van der Waals surface area contributed by atoms with E-state index < -0.39 is 0 Å². The van der Waals surface area contributed by atoms with Crippen LogP contribution in [0.2, 0.25) is 0 Å². The predicted molar refractivity (Wildman–Crippen MR) is 144 cm³/mol. The number of carbonyl (C=O) groups excluding carboxylic acids is 2. The second kappa shape index (κ2) is 8.55. The summed E-state index contributed by atoms with van der Waals surface area (Å²) in [7, 11) is 0. The molecule has 6 rings (SSSR count). The molecule has 0 spiro atoms. The van der Waals surface area contributed by atoms with E-state index in [2.05, 4.69) is 62.3 Å². The molecule has 4 nitrogen and oxygen atoms in total. The first-order valence-electron chi connectivity index (χ1n) is 14.7. The average Bonchev–Trinajstić information content (AvgIpc) is 3.39. The molecule has 4 heteroatoms. The van der Waals surface area contributed by atoms with Gasteiger partial charge in [0, 0.05) is 24.2 Å². The quantitative estimate of drug-likeness (QED) is 0.380. The Bertz CT molecular complexity index is 902. The second-order valence-corrected chi connectivity index (χ2v) is 15.8. The van der Waals surface area contributed by atoms with Crippen molar-refractivity contribution in [3.05, 3.63) is 0 Å². The van der Waals surface area contributed by atoms with Crippen molar-refractivity contribution >= 4 is 11.8 Å². The van der Waals surface area contributed by atoms with Gasteiger partial charge in [0.2, 0.25) is 0 Å². The smallest absolute Gasteiger partial charge is 0.302 e. The zero-order chi connectivity index (χ0) is 27.1. The van der Waals surface area contributed by atoms with Gasteiger partial charge in [-0.25, -0.2) is 0 Å². The molecule has 1 N–H and O–H groups in total. The standard InChI is InChI=1S/C12H20O2.C10H18O.C10H16O/c1-8(13)14-10-7-9-5-6-12(10,4)11(9,2)3;2*1-9(2)7-4-5-10(9,3)8(11)6-7/h9-10H,5-7H2,1-4H3;7-8,11H,4-6H2,1-3H3;7H,4-6H2,1-3H3. The van der Waals surface area contributed by atoms with Crippen molar-refractivity contribution in [3.8, 4) is 0 Å². The highest BCUT2D eigenvalue weighted by atomic mass is 16.5. The molecule has 0 saturated heterocycles. The lowest BCUT2D eigenvalue weighted by Gasteiger charge is -2.38. The molecule has 6 fully saturated rings. The fraction of sp³-hybridized carbons (Fsp3) is 0.938. The zero-order valence-corrected chi connectivity index (χ0v) is 24.9. The van der Waals surface area contributed by atoms with Crippen molar-refractivity contribution < 1.29 is 19.4 Å². The van der Waals surface area contributed by atoms with E-state index in [0.29, 0.717) is 22.5 Å².